The molecule has 9 heteroatoms. The number of methoxy groups -OCH3 is 1. The van der Waals surface area contributed by atoms with Gasteiger partial charge in [-0.25, -0.2) is 18.3 Å². The second kappa shape index (κ2) is 6.67. The molecule has 150 valence electrons. The summed E-state index contributed by atoms with van der Waals surface area (Å²) in [6, 6.07) is 5.70. The number of aryl methyl sites for hydroxylation is 1. The maximum atomic E-state index is 13.2. The number of imidazole rings is 1. The molecule has 1 aliphatic carbocycles. The van der Waals surface area contributed by atoms with Crippen LogP contribution >= 0.6 is 23.1 Å². The Morgan fingerprint density at radius 1 is 1.36 bits per heavy atom. The van der Waals surface area contributed by atoms with Crippen LogP contribution in [0.1, 0.15) is 37.4 Å². The maximum absolute atomic E-state index is 13.2. The van der Waals surface area contributed by atoms with E-state index in [2.05, 4.69) is 10.1 Å². The summed E-state index contributed by atoms with van der Waals surface area (Å²) in [6.45, 7) is 5.28. The van der Waals surface area contributed by atoms with E-state index in [0.717, 1.165) is 21.8 Å². The Hall–Kier alpha value is -1.71. The summed E-state index contributed by atoms with van der Waals surface area (Å²) in [6.07, 6.45) is -0.218. The molecular formula is C19H21F2N3O2S2. The normalized spacial score (nSPS) is 17.1. The van der Waals surface area contributed by atoms with E-state index in [-0.39, 0.29) is 18.1 Å². The summed E-state index contributed by atoms with van der Waals surface area (Å²) in [5, 5.41) is 15.3. The first-order valence-corrected chi connectivity index (χ1v) is 10.6. The minimum atomic E-state index is -2.55. The monoisotopic (exact) mass is 425 g/mol. The molecule has 0 bridgehead atoms. The standard InChI is InChI=1S/C19H21F2N3O2S2/c1-10-15(24-17(22-10)28-16(23-24)18(2,3)25)11-5-6-13(26-4)14(7-11)27-12-8-19(20,21)9-12/h5-7,12,25H,8-9H2,1-4H3. The number of thioether (sulfide) groups is 1. The van der Waals surface area contributed by atoms with E-state index in [1.807, 2.05) is 25.1 Å². The van der Waals surface area contributed by atoms with Crippen LogP contribution in [0.3, 0.4) is 0 Å². The van der Waals surface area contributed by atoms with Crippen molar-refractivity contribution < 1.29 is 18.6 Å². The summed E-state index contributed by atoms with van der Waals surface area (Å²) >= 11 is 2.77. The minimum Gasteiger partial charge on any atom is -0.496 e. The molecule has 0 spiro atoms. The molecule has 1 fully saturated rings. The number of nitrogens with zero attached hydrogens (tertiary/aromatic N) is 3. The lowest BCUT2D eigenvalue weighted by Crippen LogP contribution is -2.37. The topological polar surface area (TPSA) is 59.7 Å². The highest BCUT2D eigenvalue weighted by molar-refractivity contribution is 8.00. The molecule has 0 aliphatic heterocycles. The van der Waals surface area contributed by atoms with Crippen LogP contribution in [0.25, 0.3) is 16.2 Å². The van der Waals surface area contributed by atoms with Crippen molar-refractivity contribution in [3.05, 3.63) is 28.9 Å². The number of aromatic nitrogens is 3. The molecule has 1 saturated carbocycles. The largest absolute Gasteiger partial charge is 0.496 e. The van der Waals surface area contributed by atoms with Gasteiger partial charge in [-0.3, -0.25) is 0 Å². The number of rotatable bonds is 5. The smallest absolute Gasteiger partial charge is 0.250 e. The Morgan fingerprint density at radius 2 is 2.07 bits per heavy atom. The Kier molecular flexibility index (Phi) is 4.67. The zero-order chi connectivity index (χ0) is 20.3. The molecule has 0 amide bonds. The molecule has 0 saturated heterocycles. The summed E-state index contributed by atoms with van der Waals surface area (Å²) in [7, 11) is 1.58. The molecule has 5 nitrogen and oxygen atoms in total. The van der Waals surface area contributed by atoms with Gasteiger partial charge in [0.2, 0.25) is 10.9 Å². The number of hydrogen-bond donors (Lipinski definition) is 1. The van der Waals surface area contributed by atoms with Gasteiger partial charge in [0.15, 0.2) is 0 Å². The molecule has 2 heterocycles. The first-order chi connectivity index (χ1) is 13.1. The predicted octanol–water partition coefficient (Wildman–Crippen LogP) is 4.89. The number of halogens is 2. The zero-order valence-corrected chi connectivity index (χ0v) is 17.6. The van der Waals surface area contributed by atoms with Crippen LogP contribution in [-0.4, -0.2) is 38.0 Å². The van der Waals surface area contributed by atoms with E-state index >= 15 is 0 Å². The maximum Gasteiger partial charge on any atom is 0.250 e. The molecule has 3 aromatic rings. The van der Waals surface area contributed by atoms with Gasteiger partial charge in [0.05, 0.1) is 23.4 Å². The molecule has 4 rings (SSSR count). The molecule has 1 aromatic carbocycles. The fourth-order valence-corrected chi connectivity index (χ4v) is 5.64. The van der Waals surface area contributed by atoms with Crippen molar-refractivity contribution in [3.63, 3.8) is 0 Å². The molecular weight excluding hydrogens is 404 g/mol. The van der Waals surface area contributed by atoms with E-state index in [4.69, 9.17) is 4.74 Å². The van der Waals surface area contributed by atoms with E-state index < -0.39 is 11.5 Å². The highest BCUT2D eigenvalue weighted by atomic mass is 32.2. The Morgan fingerprint density at radius 3 is 2.68 bits per heavy atom. The number of hydrogen-bond acceptors (Lipinski definition) is 6. The quantitative estimate of drug-likeness (QED) is 0.631. The van der Waals surface area contributed by atoms with E-state index in [1.54, 1.807) is 25.5 Å². The number of benzene rings is 1. The first kappa shape index (κ1) is 19.6. The van der Waals surface area contributed by atoms with Crippen LogP contribution in [0.15, 0.2) is 23.1 Å². The number of aliphatic hydroxyl groups is 1. The van der Waals surface area contributed by atoms with Crippen LogP contribution in [0.4, 0.5) is 8.78 Å². The van der Waals surface area contributed by atoms with Gasteiger partial charge in [-0.2, -0.15) is 5.10 Å². The van der Waals surface area contributed by atoms with E-state index in [0.29, 0.717) is 15.7 Å². The molecule has 0 atom stereocenters. The second-order valence-corrected chi connectivity index (χ2v) is 9.87. The molecule has 0 radical (unpaired) electrons. The van der Waals surface area contributed by atoms with Crippen molar-refractivity contribution >= 4 is 28.1 Å². The van der Waals surface area contributed by atoms with Crippen LogP contribution in [0.2, 0.25) is 0 Å². The van der Waals surface area contributed by atoms with Crippen LogP contribution in [-0.2, 0) is 5.60 Å². The Bertz CT molecular complexity index is 1030. The van der Waals surface area contributed by atoms with Crippen LogP contribution < -0.4 is 4.74 Å². The summed E-state index contributed by atoms with van der Waals surface area (Å²) in [4.78, 5) is 6.10. The number of fused-ring (bicyclic) bond motifs is 1. The van der Waals surface area contributed by atoms with Crippen molar-refractivity contribution in [2.24, 2.45) is 0 Å². The van der Waals surface area contributed by atoms with Gasteiger partial charge in [0.1, 0.15) is 16.4 Å². The van der Waals surface area contributed by atoms with Crippen molar-refractivity contribution in [2.75, 3.05) is 7.11 Å². The van der Waals surface area contributed by atoms with Crippen molar-refractivity contribution in [1.29, 1.82) is 0 Å². The van der Waals surface area contributed by atoms with Crippen molar-refractivity contribution in [2.45, 2.75) is 55.3 Å². The molecule has 1 N–H and O–H groups in total. The predicted molar refractivity (Wildman–Crippen MR) is 107 cm³/mol. The van der Waals surface area contributed by atoms with Crippen molar-refractivity contribution in [1.82, 2.24) is 14.6 Å². The van der Waals surface area contributed by atoms with Crippen LogP contribution in [0.5, 0.6) is 5.75 Å². The fourth-order valence-electron chi connectivity index (χ4n) is 3.21. The van der Waals surface area contributed by atoms with Gasteiger partial charge in [0, 0.05) is 23.7 Å². The lowest BCUT2D eigenvalue weighted by molar-refractivity contribution is -0.0667. The van der Waals surface area contributed by atoms with Gasteiger partial charge >= 0.3 is 0 Å². The number of alkyl halides is 2. The van der Waals surface area contributed by atoms with E-state index in [1.165, 1.54) is 23.1 Å². The third-order valence-electron chi connectivity index (χ3n) is 4.68. The first-order valence-electron chi connectivity index (χ1n) is 8.89. The molecule has 1 aliphatic rings. The lowest BCUT2D eigenvalue weighted by Gasteiger charge is -2.34. The minimum absolute atomic E-state index is 0.109. The summed E-state index contributed by atoms with van der Waals surface area (Å²) < 4.78 is 33.6. The van der Waals surface area contributed by atoms with Gasteiger partial charge in [-0.15, -0.1) is 11.8 Å². The SMILES string of the molecule is COc1ccc(-c2c(C)nc3sc(C(C)(C)O)nn23)cc1SC1CC(F)(F)C1. The molecule has 0 unspecified atom stereocenters. The average Bonchev–Trinajstić information content (AvgIpc) is 3.09. The summed E-state index contributed by atoms with van der Waals surface area (Å²) in [5.41, 5.74) is 1.47. The van der Waals surface area contributed by atoms with Gasteiger partial charge in [-0.05, 0) is 39.0 Å². The van der Waals surface area contributed by atoms with Gasteiger partial charge in [-0.1, -0.05) is 11.3 Å². The highest BCUT2D eigenvalue weighted by Crippen LogP contribution is 2.49. The molecule has 28 heavy (non-hydrogen) atoms. The average molecular weight is 426 g/mol. The summed E-state index contributed by atoms with van der Waals surface area (Å²) in [5.74, 6) is -1.89. The third kappa shape index (κ3) is 3.51. The second-order valence-electron chi connectivity index (χ2n) is 7.58. The highest BCUT2D eigenvalue weighted by Gasteiger charge is 2.46. The van der Waals surface area contributed by atoms with Crippen LogP contribution in [0, 0.1) is 6.92 Å². The molecule has 2 aromatic heterocycles. The fraction of sp³-hybridized carbons (Fsp3) is 0.474. The third-order valence-corrected chi connectivity index (χ3v) is 7.15. The van der Waals surface area contributed by atoms with E-state index in [9.17, 15) is 13.9 Å². The van der Waals surface area contributed by atoms with Crippen molar-refractivity contribution in [3.8, 4) is 17.0 Å². The number of ether oxygens (including phenoxy) is 1. The Balaban J connectivity index is 1.74. The zero-order valence-electron chi connectivity index (χ0n) is 16.0. The van der Waals surface area contributed by atoms with Gasteiger partial charge < -0.3 is 9.84 Å². The lowest BCUT2D eigenvalue weighted by atomic mass is 9.94. The Labute approximate surface area is 169 Å². The van der Waals surface area contributed by atoms with Gasteiger partial charge in [0.25, 0.3) is 0 Å².